The van der Waals surface area contributed by atoms with E-state index in [-0.39, 0.29) is 27.4 Å². The number of hydrogen-bond donors (Lipinski definition) is 1. The molecule has 0 saturated carbocycles. The number of carbonyl (C=O) groups excluding carboxylic acids is 1. The van der Waals surface area contributed by atoms with E-state index in [0.717, 1.165) is 0 Å². The predicted octanol–water partition coefficient (Wildman–Crippen LogP) is 3.00. The zero-order valence-corrected chi connectivity index (χ0v) is 12.6. The Kier molecular flexibility index (Phi) is 3.97. The third kappa shape index (κ3) is 3.08. The van der Waals surface area contributed by atoms with Gasteiger partial charge in [-0.15, -0.1) is 0 Å². The SMILES string of the molecule is O=C(Nc1ccc(Cl)nc1)c1cc2cc([N+](=O)[O-])ccc2c(=O)o1. The lowest BCUT2D eigenvalue weighted by Gasteiger charge is -2.05. The number of anilines is 1. The summed E-state index contributed by atoms with van der Waals surface area (Å²) in [5.41, 5.74) is -0.602. The molecule has 2 heterocycles. The number of non-ortho nitro benzene ring substituents is 1. The second-order valence-corrected chi connectivity index (χ2v) is 5.14. The molecule has 0 aliphatic heterocycles. The molecule has 8 nitrogen and oxygen atoms in total. The number of rotatable bonds is 3. The lowest BCUT2D eigenvalue weighted by atomic mass is 10.1. The highest BCUT2D eigenvalue weighted by atomic mass is 35.5. The second-order valence-electron chi connectivity index (χ2n) is 4.75. The molecule has 0 spiro atoms. The van der Waals surface area contributed by atoms with Crippen molar-refractivity contribution in [2.75, 3.05) is 5.32 Å². The molecule has 0 bridgehead atoms. The summed E-state index contributed by atoms with van der Waals surface area (Å²) in [4.78, 5) is 38.2. The fraction of sp³-hybridized carbons (Fsp3) is 0. The largest absolute Gasteiger partial charge is 0.417 e. The highest BCUT2D eigenvalue weighted by Crippen LogP contribution is 2.20. The summed E-state index contributed by atoms with van der Waals surface area (Å²) in [5.74, 6) is -0.965. The molecule has 120 valence electrons. The summed E-state index contributed by atoms with van der Waals surface area (Å²) in [6, 6.07) is 7.95. The maximum absolute atomic E-state index is 12.2. The smallest absolute Gasteiger partial charge is 0.344 e. The molecule has 2 aromatic heterocycles. The fourth-order valence-electron chi connectivity index (χ4n) is 2.05. The van der Waals surface area contributed by atoms with Gasteiger partial charge in [-0.3, -0.25) is 14.9 Å². The fourth-order valence-corrected chi connectivity index (χ4v) is 2.16. The first kappa shape index (κ1) is 15.6. The average molecular weight is 346 g/mol. The molecule has 0 atom stereocenters. The molecule has 0 radical (unpaired) electrons. The van der Waals surface area contributed by atoms with Crippen molar-refractivity contribution in [1.82, 2.24) is 4.98 Å². The molecule has 0 saturated heterocycles. The van der Waals surface area contributed by atoms with Crippen LogP contribution >= 0.6 is 11.6 Å². The Labute approximate surface area is 138 Å². The van der Waals surface area contributed by atoms with Crippen molar-refractivity contribution in [3.8, 4) is 0 Å². The summed E-state index contributed by atoms with van der Waals surface area (Å²) >= 11 is 5.65. The number of amides is 1. The molecule has 1 aromatic carbocycles. The monoisotopic (exact) mass is 345 g/mol. The van der Waals surface area contributed by atoms with Crippen LogP contribution < -0.4 is 10.9 Å². The van der Waals surface area contributed by atoms with E-state index in [9.17, 15) is 19.7 Å². The van der Waals surface area contributed by atoms with E-state index >= 15 is 0 Å². The van der Waals surface area contributed by atoms with Crippen LogP contribution in [0.25, 0.3) is 10.8 Å². The number of nitrogens with one attached hydrogen (secondary N) is 1. The maximum Gasteiger partial charge on any atom is 0.344 e. The number of nitrogens with zero attached hydrogens (tertiary/aromatic N) is 2. The maximum atomic E-state index is 12.2. The van der Waals surface area contributed by atoms with Crippen LogP contribution in [0.4, 0.5) is 11.4 Å². The Morgan fingerprint density at radius 3 is 2.71 bits per heavy atom. The molecular weight excluding hydrogens is 338 g/mol. The Hall–Kier alpha value is -3.26. The lowest BCUT2D eigenvalue weighted by molar-refractivity contribution is -0.384. The van der Waals surface area contributed by atoms with Crippen LogP contribution in [-0.2, 0) is 0 Å². The van der Waals surface area contributed by atoms with Crippen molar-refractivity contribution in [2.45, 2.75) is 0 Å². The molecule has 1 amide bonds. The number of aromatic nitrogens is 1. The van der Waals surface area contributed by atoms with Gasteiger partial charge in [-0.2, -0.15) is 0 Å². The van der Waals surface area contributed by atoms with Crippen LogP contribution in [0.15, 0.2) is 51.8 Å². The van der Waals surface area contributed by atoms with E-state index in [0.29, 0.717) is 5.69 Å². The molecule has 9 heteroatoms. The quantitative estimate of drug-likeness (QED) is 0.443. The summed E-state index contributed by atoms with van der Waals surface area (Å²) < 4.78 is 4.96. The molecule has 24 heavy (non-hydrogen) atoms. The first-order valence-corrected chi connectivity index (χ1v) is 6.97. The number of fused-ring (bicyclic) bond motifs is 1. The van der Waals surface area contributed by atoms with E-state index < -0.39 is 16.5 Å². The van der Waals surface area contributed by atoms with Crippen molar-refractivity contribution in [1.29, 1.82) is 0 Å². The number of pyridine rings is 1. The van der Waals surface area contributed by atoms with Gasteiger partial charge in [0.25, 0.3) is 11.6 Å². The van der Waals surface area contributed by atoms with Gasteiger partial charge in [0.05, 0.1) is 22.2 Å². The van der Waals surface area contributed by atoms with Gasteiger partial charge >= 0.3 is 5.63 Å². The Morgan fingerprint density at radius 2 is 2.04 bits per heavy atom. The van der Waals surface area contributed by atoms with Crippen molar-refractivity contribution >= 4 is 39.7 Å². The Balaban J connectivity index is 1.99. The van der Waals surface area contributed by atoms with Gasteiger partial charge in [-0.25, -0.2) is 9.78 Å². The Morgan fingerprint density at radius 1 is 1.25 bits per heavy atom. The van der Waals surface area contributed by atoms with Crippen LogP contribution in [0.3, 0.4) is 0 Å². The number of halogens is 1. The van der Waals surface area contributed by atoms with Crippen molar-refractivity contribution in [3.05, 3.63) is 74.0 Å². The standard InChI is InChI=1S/C15H8ClN3O5/c16-13-4-1-9(7-17-13)18-14(20)12-6-8-5-10(19(22)23)2-3-11(8)15(21)24-12/h1-7H,(H,18,20). The lowest BCUT2D eigenvalue weighted by Crippen LogP contribution is -2.15. The summed E-state index contributed by atoms with van der Waals surface area (Å²) in [6.45, 7) is 0. The molecular formula is C15H8ClN3O5. The van der Waals surface area contributed by atoms with Crippen LogP contribution in [0.5, 0.6) is 0 Å². The highest BCUT2D eigenvalue weighted by molar-refractivity contribution is 6.29. The molecule has 3 rings (SSSR count). The molecule has 3 aromatic rings. The number of benzene rings is 1. The van der Waals surface area contributed by atoms with E-state index in [1.54, 1.807) is 0 Å². The van der Waals surface area contributed by atoms with Crippen LogP contribution in [-0.4, -0.2) is 15.8 Å². The minimum Gasteiger partial charge on any atom is -0.417 e. The second kappa shape index (κ2) is 6.09. The summed E-state index contributed by atoms with van der Waals surface area (Å²) in [5, 5.41) is 14.0. The van der Waals surface area contributed by atoms with E-state index in [1.165, 1.54) is 42.6 Å². The van der Waals surface area contributed by atoms with Gasteiger partial charge in [-0.05, 0) is 29.7 Å². The summed E-state index contributed by atoms with van der Waals surface area (Å²) in [7, 11) is 0. The van der Waals surface area contributed by atoms with Crippen molar-refractivity contribution in [3.63, 3.8) is 0 Å². The molecule has 0 fully saturated rings. The highest BCUT2D eigenvalue weighted by Gasteiger charge is 2.15. The first-order valence-electron chi connectivity index (χ1n) is 6.59. The van der Waals surface area contributed by atoms with Gasteiger partial charge in [0.15, 0.2) is 5.76 Å². The van der Waals surface area contributed by atoms with Gasteiger partial charge in [0, 0.05) is 12.1 Å². The third-order valence-electron chi connectivity index (χ3n) is 3.16. The van der Waals surface area contributed by atoms with Crippen molar-refractivity contribution in [2.24, 2.45) is 0 Å². The first-order chi connectivity index (χ1) is 11.4. The topological polar surface area (TPSA) is 115 Å². The normalized spacial score (nSPS) is 10.5. The molecule has 0 aliphatic rings. The van der Waals surface area contributed by atoms with E-state index in [1.807, 2.05) is 0 Å². The summed E-state index contributed by atoms with van der Waals surface area (Å²) in [6.07, 6.45) is 1.34. The number of carbonyl (C=O) groups is 1. The predicted molar refractivity (Wildman–Crippen MR) is 86.3 cm³/mol. The minimum absolute atomic E-state index is 0.144. The van der Waals surface area contributed by atoms with Crippen LogP contribution in [0.1, 0.15) is 10.6 Å². The van der Waals surface area contributed by atoms with Crippen LogP contribution in [0, 0.1) is 10.1 Å². The number of nitro groups is 1. The molecule has 0 aliphatic carbocycles. The van der Waals surface area contributed by atoms with Gasteiger partial charge in [0.2, 0.25) is 0 Å². The molecule has 0 unspecified atom stereocenters. The van der Waals surface area contributed by atoms with Gasteiger partial charge < -0.3 is 9.73 Å². The van der Waals surface area contributed by atoms with Crippen LogP contribution in [0.2, 0.25) is 5.15 Å². The Bertz CT molecular complexity index is 1010. The zero-order chi connectivity index (χ0) is 17.3. The number of hydrogen-bond acceptors (Lipinski definition) is 6. The minimum atomic E-state index is -0.762. The third-order valence-corrected chi connectivity index (χ3v) is 3.39. The van der Waals surface area contributed by atoms with E-state index in [4.69, 9.17) is 16.0 Å². The molecule has 1 N–H and O–H groups in total. The number of nitro benzene ring substituents is 1. The average Bonchev–Trinajstić information content (AvgIpc) is 2.56. The van der Waals surface area contributed by atoms with Gasteiger partial charge in [0.1, 0.15) is 5.15 Å². The van der Waals surface area contributed by atoms with E-state index in [2.05, 4.69) is 10.3 Å². The zero-order valence-electron chi connectivity index (χ0n) is 11.9. The van der Waals surface area contributed by atoms with Gasteiger partial charge in [-0.1, -0.05) is 11.6 Å². The van der Waals surface area contributed by atoms with Crippen molar-refractivity contribution < 1.29 is 14.1 Å².